The number of carbonyl (C=O) groups excluding carboxylic acids is 2. The number of benzene rings is 1. The summed E-state index contributed by atoms with van der Waals surface area (Å²) in [7, 11) is 0. The maximum absolute atomic E-state index is 12.1. The lowest BCUT2D eigenvalue weighted by atomic mass is 10.1. The van der Waals surface area contributed by atoms with Crippen molar-refractivity contribution in [3.05, 3.63) is 90.7 Å². The highest BCUT2D eigenvalue weighted by molar-refractivity contribution is 6.04. The molecule has 9 nitrogen and oxygen atoms in total. The highest BCUT2D eigenvalue weighted by Gasteiger charge is 2.07. The molecular formula is C20H18N6O3. The Morgan fingerprint density at radius 2 is 1.62 bits per heavy atom. The zero-order valence-electron chi connectivity index (χ0n) is 15.4. The molecule has 1 heterocycles. The van der Waals surface area contributed by atoms with Crippen LogP contribution in [0.25, 0.3) is 0 Å². The van der Waals surface area contributed by atoms with Crippen LogP contribution in [-0.2, 0) is 16.0 Å². The minimum Gasteiger partial charge on any atom is -0.338 e. The molecule has 0 aromatic heterocycles. The fraction of sp³-hybridized carbons (Fsp3) is 0.100. The summed E-state index contributed by atoms with van der Waals surface area (Å²) in [4.78, 5) is 29.0. The predicted octanol–water partition coefficient (Wildman–Crippen LogP) is 4.99. The fourth-order valence-electron chi connectivity index (χ4n) is 2.02. The molecule has 29 heavy (non-hydrogen) atoms. The van der Waals surface area contributed by atoms with Crippen molar-refractivity contribution in [2.45, 2.75) is 12.8 Å². The highest BCUT2D eigenvalue weighted by Crippen LogP contribution is 2.19. The van der Waals surface area contributed by atoms with E-state index in [9.17, 15) is 9.59 Å². The van der Waals surface area contributed by atoms with Gasteiger partial charge in [0.25, 0.3) is 0 Å². The molecule has 0 N–H and O–H groups in total. The van der Waals surface area contributed by atoms with Crippen molar-refractivity contribution in [3.63, 3.8) is 0 Å². The third kappa shape index (κ3) is 9.38. The van der Waals surface area contributed by atoms with Gasteiger partial charge >= 0.3 is 0 Å². The summed E-state index contributed by atoms with van der Waals surface area (Å²) in [6.07, 6.45) is 16.5. The first-order valence-corrected chi connectivity index (χ1v) is 8.60. The van der Waals surface area contributed by atoms with Gasteiger partial charge < -0.3 is 4.84 Å². The average molecular weight is 390 g/mol. The number of fused-ring (bicyclic) bond motifs is 1. The lowest BCUT2D eigenvalue weighted by Crippen LogP contribution is -2.01. The lowest BCUT2D eigenvalue weighted by Gasteiger charge is -2.03. The molecule has 0 atom stereocenters. The van der Waals surface area contributed by atoms with E-state index in [1.807, 2.05) is 12.2 Å². The van der Waals surface area contributed by atoms with Crippen molar-refractivity contribution in [2.24, 2.45) is 31.3 Å². The maximum atomic E-state index is 12.1. The molecule has 0 amide bonds. The van der Waals surface area contributed by atoms with Crippen molar-refractivity contribution in [1.29, 1.82) is 0 Å². The van der Waals surface area contributed by atoms with Gasteiger partial charge in [0.05, 0.1) is 11.5 Å². The van der Waals surface area contributed by atoms with Crippen molar-refractivity contribution < 1.29 is 14.4 Å². The second kappa shape index (κ2) is 13.1. The second-order valence-electron chi connectivity index (χ2n) is 5.43. The summed E-state index contributed by atoms with van der Waals surface area (Å²) in [5.41, 5.74) is 0.585. The van der Waals surface area contributed by atoms with Gasteiger partial charge in [-0.3, -0.25) is 9.59 Å². The molecule has 1 aliphatic heterocycles. The average Bonchev–Trinajstić information content (AvgIpc) is 2.72. The van der Waals surface area contributed by atoms with Gasteiger partial charge in [-0.1, -0.05) is 48.6 Å². The Labute approximate surface area is 167 Å². The monoisotopic (exact) mass is 390 g/mol. The number of para-hydroxylation sites is 1. The summed E-state index contributed by atoms with van der Waals surface area (Å²) in [5.74, 6) is -0.186. The van der Waals surface area contributed by atoms with E-state index in [4.69, 9.17) is 4.84 Å². The molecule has 0 unspecified atom stereocenters. The van der Waals surface area contributed by atoms with Crippen LogP contribution >= 0.6 is 0 Å². The predicted molar refractivity (Wildman–Crippen MR) is 106 cm³/mol. The van der Waals surface area contributed by atoms with Gasteiger partial charge in [-0.15, -0.1) is 5.11 Å². The number of nitrogens with zero attached hydrogens (tertiary/aromatic N) is 6. The molecule has 2 rings (SSSR count). The number of ketones is 2. The molecule has 1 aromatic rings. The van der Waals surface area contributed by atoms with Crippen LogP contribution in [0.3, 0.4) is 0 Å². The topological polar surface area (TPSA) is 118 Å². The van der Waals surface area contributed by atoms with E-state index in [-0.39, 0.29) is 18.0 Å². The smallest absolute Gasteiger partial charge is 0.178 e. The summed E-state index contributed by atoms with van der Waals surface area (Å²) in [6, 6.07) is 6.82. The Morgan fingerprint density at radius 1 is 0.793 bits per heavy atom. The Kier molecular flexibility index (Phi) is 9.55. The van der Waals surface area contributed by atoms with Crippen molar-refractivity contribution in [3.8, 4) is 5.75 Å². The first-order valence-electron chi connectivity index (χ1n) is 8.60. The van der Waals surface area contributed by atoms with E-state index < -0.39 is 0 Å². The van der Waals surface area contributed by atoms with Crippen LogP contribution in [0.2, 0.25) is 0 Å². The first-order chi connectivity index (χ1) is 14.3. The highest BCUT2D eigenvalue weighted by atomic mass is 16.6. The van der Waals surface area contributed by atoms with Gasteiger partial charge in [-0.25, -0.2) is 0 Å². The van der Waals surface area contributed by atoms with Gasteiger partial charge in [0.2, 0.25) is 0 Å². The van der Waals surface area contributed by atoms with E-state index in [1.54, 1.807) is 48.6 Å². The molecule has 1 aromatic carbocycles. The molecule has 0 radical (unpaired) electrons. The molecule has 146 valence electrons. The van der Waals surface area contributed by atoms with E-state index in [0.717, 1.165) is 0 Å². The van der Waals surface area contributed by atoms with Gasteiger partial charge in [-0.05, 0) is 47.2 Å². The fourth-order valence-corrected chi connectivity index (χ4v) is 2.02. The molecule has 0 fully saturated rings. The van der Waals surface area contributed by atoms with Crippen LogP contribution in [0.1, 0.15) is 12.0 Å². The Bertz CT molecular complexity index is 939. The molecular weight excluding hydrogens is 372 g/mol. The number of allylic oxidation sites excluding steroid dienone is 9. The van der Waals surface area contributed by atoms with Gasteiger partial charge in [-0.2, -0.15) is 0 Å². The minimum absolute atomic E-state index is 0.0380. The van der Waals surface area contributed by atoms with Crippen LogP contribution in [-0.4, -0.2) is 11.6 Å². The summed E-state index contributed by atoms with van der Waals surface area (Å²) in [5, 5.41) is 20.4. The normalized spacial score (nSPS) is 24.8. The number of hydrogen-bond donors (Lipinski definition) is 0. The van der Waals surface area contributed by atoms with E-state index in [0.29, 0.717) is 17.7 Å². The second-order valence-corrected chi connectivity index (χ2v) is 5.43. The molecule has 9 heteroatoms. The third-order valence-electron chi connectivity index (χ3n) is 3.29. The van der Waals surface area contributed by atoms with Gasteiger partial charge in [0.1, 0.15) is 0 Å². The standard InChI is InChI=1S/C20H18N6O3/c27-18-11-6-4-2-1-3-5-9-15-21-22-23-24-25-26-29-20-12-8-7-10-17(20)16-19(28)14-13-18/h1-3,5-15H,4,16H2/b2-1-,5-3-,11-6-,14-13-,15-9-,22-21-,24-23-,26-25-. The maximum Gasteiger partial charge on any atom is 0.178 e. The number of carbonyl (C=O) groups is 2. The zero-order chi connectivity index (χ0) is 20.6. The Hall–Kier alpha value is -4.14. The van der Waals surface area contributed by atoms with Crippen LogP contribution < -0.4 is 4.84 Å². The molecule has 0 saturated heterocycles. The first kappa shape index (κ1) is 21.2. The summed E-state index contributed by atoms with van der Waals surface area (Å²) < 4.78 is 0. The summed E-state index contributed by atoms with van der Waals surface area (Å²) in [6.45, 7) is 0. The molecule has 1 aliphatic rings. The number of hydrogen-bond acceptors (Lipinski definition) is 9. The van der Waals surface area contributed by atoms with Crippen molar-refractivity contribution in [1.82, 2.24) is 0 Å². The van der Waals surface area contributed by atoms with Gasteiger partial charge in [0, 0.05) is 22.4 Å². The van der Waals surface area contributed by atoms with Crippen LogP contribution in [0, 0.1) is 0 Å². The molecule has 0 bridgehead atoms. The van der Waals surface area contributed by atoms with Crippen molar-refractivity contribution in [2.75, 3.05) is 0 Å². The minimum atomic E-state index is -0.266. The zero-order valence-corrected chi connectivity index (χ0v) is 15.4. The van der Waals surface area contributed by atoms with Crippen molar-refractivity contribution >= 4 is 11.6 Å². The Morgan fingerprint density at radius 3 is 2.55 bits per heavy atom. The van der Waals surface area contributed by atoms with Crippen LogP contribution in [0.15, 0.2) is 116 Å². The number of rotatable bonds is 0. The Balaban J connectivity index is 2.14. The SMILES string of the molecule is O=C1/C=C\C\C=C/C=C\C=C/N=N\N=N/N=N\Oc2ccccc2CC(=O)/C=C\1. The van der Waals surface area contributed by atoms with Gasteiger partial charge in [0.15, 0.2) is 17.3 Å². The molecule has 0 aliphatic carbocycles. The lowest BCUT2D eigenvalue weighted by molar-refractivity contribution is -0.115. The van der Waals surface area contributed by atoms with E-state index in [2.05, 4.69) is 31.3 Å². The van der Waals surface area contributed by atoms with E-state index in [1.165, 1.54) is 24.4 Å². The summed E-state index contributed by atoms with van der Waals surface area (Å²) >= 11 is 0. The molecule has 0 saturated carbocycles. The largest absolute Gasteiger partial charge is 0.338 e. The van der Waals surface area contributed by atoms with Crippen LogP contribution in [0.5, 0.6) is 5.75 Å². The van der Waals surface area contributed by atoms with Crippen LogP contribution in [0.4, 0.5) is 0 Å². The molecule has 0 spiro atoms. The quantitative estimate of drug-likeness (QED) is 0.621. The third-order valence-corrected chi connectivity index (χ3v) is 3.29. The van der Waals surface area contributed by atoms with E-state index >= 15 is 0 Å².